The molecule has 1 fully saturated rings. The highest BCUT2D eigenvalue weighted by atomic mass is 32.1. The van der Waals surface area contributed by atoms with Crippen LogP contribution in [-0.4, -0.2) is 20.3 Å². The largest absolute Gasteiger partial charge is 0.381 e. The van der Waals surface area contributed by atoms with Crippen molar-refractivity contribution < 1.29 is 4.74 Å². The first-order valence-electron chi connectivity index (χ1n) is 5.62. The Hall–Kier alpha value is -0.380. The van der Waals surface area contributed by atoms with Crippen molar-refractivity contribution in [2.45, 2.75) is 25.8 Å². The zero-order valence-corrected chi connectivity index (χ0v) is 10.3. The molecule has 0 bridgehead atoms. The van der Waals surface area contributed by atoms with Crippen molar-refractivity contribution in [3.05, 3.63) is 21.9 Å². The molecule has 2 unspecified atom stereocenters. The van der Waals surface area contributed by atoms with E-state index in [1.807, 2.05) is 11.3 Å². The van der Waals surface area contributed by atoms with Crippen LogP contribution in [0.2, 0.25) is 0 Å². The molecule has 2 atom stereocenters. The minimum absolute atomic E-state index is 0.477. The van der Waals surface area contributed by atoms with Gasteiger partial charge in [-0.2, -0.15) is 0 Å². The van der Waals surface area contributed by atoms with Crippen LogP contribution in [0.1, 0.15) is 29.3 Å². The van der Waals surface area contributed by atoms with Gasteiger partial charge < -0.3 is 10.1 Å². The van der Waals surface area contributed by atoms with Gasteiger partial charge in [0, 0.05) is 23.4 Å². The van der Waals surface area contributed by atoms with Crippen molar-refractivity contribution in [3.8, 4) is 0 Å². The first-order valence-corrected chi connectivity index (χ1v) is 6.50. The third-order valence-electron chi connectivity index (χ3n) is 3.16. The SMILES string of the molecule is CNC(c1sccc1C)C1CCCOC1. The topological polar surface area (TPSA) is 21.3 Å². The van der Waals surface area contributed by atoms with Crippen LogP contribution in [0.5, 0.6) is 0 Å². The highest BCUT2D eigenvalue weighted by molar-refractivity contribution is 7.10. The number of ether oxygens (including phenoxy) is 1. The Morgan fingerprint density at radius 3 is 3.00 bits per heavy atom. The predicted octanol–water partition coefficient (Wildman–Crippen LogP) is 2.74. The van der Waals surface area contributed by atoms with Gasteiger partial charge in [-0.1, -0.05) is 0 Å². The molecule has 1 aliphatic rings. The van der Waals surface area contributed by atoms with Gasteiger partial charge in [-0.3, -0.25) is 0 Å². The van der Waals surface area contributed by atoms with Crippen LogP contribution in [0.25, 0.3) is 0 Å². The molecule has 0 spiro atoms. The lowest BCUT2D eigenvalue weighted by atomic mass is 9.91. The van der Waals surface area contributed by atoms with Gasteiger partial charge >= 0.3 is 0 Å². The van der Waals surface area contributed by atoms with Crippen molar-refractivity contribution in [3.63, 3.8) is 0 Å². The average Bonchev–Trinajstić information content (AvgIpc) is 2.68. The van der Waals surface area contributed by atoms with Gasteiger partial charge in [0.15, 0.2) is 0 Å². The summed E-state index contributed by atoms with van der Waals surface area (Å²) >= 11 is 1.86. The molecule has 1 aliphatic heterocycles. The molecular weight excluding hydrogens is 206 g/mol. The van der Waals surface area contributed by atoms with Crippen molar-refractivity contribution >= 4 is 11.3 Å². The minimum atomic E-state index is 0.477. The maximum atomic E-state index is 5.57. The van der Waals surface area contributed by atoms with Crippen molar-refractivity contribution in [2.24, 2.45) is 5.92 Å². The van der Waals surface area contributed by atoms with E-state index in [-0.39, 0.29) is 0 Å². The monoisotopic (exact) mass is 225 g/mol. The Morgan fingerprint density at radius 1 is 1.60 bits per heavy atom. The summed E-state index contributed by atoms with van der Waals surface area (Å²) < 4.78 is 5.57. The molecule has 0 saturated carbocycles. The van der Waals surface area contributed by atoms with Crippen LogP contribution in [0, 0.1) is 12.8 Å². The summed E-state index contributed by atoms with van der Waals surface area (Å²) in [5, 5.41) is 5.62. The van der Waals surface area contributed by atoms with E-state index < -0.39 is 0 Å². The van der Waals surface area contributed by atoms with Gasteiger partial charge in [0.05, 0.1) is 6.61 Å². The Balaban J connectivity index is 2.12. The zero-order valence-electron chi connectivity index (χ0n) is 9.45. The number of hydrogen-bond acceptors (Lipinski definition) is 3. The molecule has 1 aromatic heterocycles. The van der Waals surface area contributed by atoms with Crippen LogP contribution < -0.4 is 5.32 Å². The minimum Gasteiger partial charge on any atom is -0.381 e. The molecule has 3 heteroatoms. The quantitative estimate of drug-likeness (QED) is 0.854. The first-order chi connectivity index (χ1) is 7.33. The molecule has 1 aromatic rings. The second kappa shape index (κ2) is 5.10. The maximum absolute atomic E-state index is 5.57. The van der Waals surface area contributed by atoms with Crippen LogP contribution in [-0.2, 0) is 4.74 Å². The molecule has 2 rings (SSSR count). The van der Waals surface area contributed by atoms with Crippen molar-refractivity contribution in [2.75, 3.05) is 20.3 Å². The van der Waals surface area contributed by atoms with E-state index in [0.717, 1.165) is 13.2 Å². The van der Waals surface area contributed by atoms with E-state index in [0.29, 0.717) is 12.0 Å². The summed E-state index contributed by atoms with van der Waals surface area (Å²) in [7, 11) is 2.05. The normalized spacial score (nSPS) is 24.0. The lowest BCUT2D eigenvalue weighted by Crippen LogP contribution is -2.31. The smallest absolute Gasteiger partial charge is 0.0512 e. The van der Waals surface area contributed by atoms with E-state index >= 15 is 0 Å². The molecule has 1 saturated heterocycles. The Morgan fingerprint density at radius 2 is 2.47 bits per heavy atom. The van der Waals surface area contributed by atoms with Gasteiger partial charge in [-0.25, -0.2) is 0 Å². The lowest BCUT2D eigenvalue weighted by Gasteiger charge is -2.29. The first kappa shape index (κ1) is 11.1. The van der Waals surface area contributed by atoms with Crippen LogP contribution in [0.3, 0.4) is 0 Å². The average molecular weight is 225 g/mol. The Labute approximate surface area is 95.6 Å². The number of nitrogens with one attached hydrogen (secondary N) is 1. The second-order valence-electron chi connectivity index (χ2n) is 4.21. The van der Waals surface area contributed by atoms with E-state index in [1.54, 1.807) is 0 Å². The standard InChI is InChI=1S/C12H19NOS/c1-9-5-7-15-12(9)11(13-2)10-4-3-6-14-8-10/h5,7,10-11,13H,3-4,6,8H2,1-2H3. The fourth-order valence-electron chi connectivity index (χ4n) is 2.31. The number of aryl methyl sites for hydroxylation is 1. The molecule has 1 N–H and O–H groups in total. The summed E-state index contributed by atoms with van der Waals surface area (Å²) in [5.41, 5.74) is 1.41. The van der Waals surface area contributed by atoms with Gasteiger partial charge in [-0.15, -0.1) is 11.3 Å². The van der Waals surface area contributed by atoms with Gasteiger partial charge in [0.2, 0.25) is 0 Å². The zero-order chi connectivity index (χ0) is 10.7. The molecule has 15 heavy (non-hydrogen) atoms. The highest BCUT2D eigenvalue weighted by Crippen LogP contribution is 2.33. The van der Waals surface area contributed by atoms with E-state index in [9.17, 15) is 0 Å². The van der Waals surface area contributed by atoms with Crippen LogP contribution in [0.4, 0.5) is 0 Å². The summed E-state index contributed by atoms with van der Waals surface area (Å²) in [6.07, 6.45) is 2.48. The fraction of sp³-hybridized carbons (Fsp3) is 0.667. The van der Waals surface area contributed by atoms with E-state index in [4.69, 9.17) is 4.74 Å². The second-order valence-corrected chi connectivity index (χ2v) is 5.16. The molecular formula is C12H19NOS. The van der Waals surface area contributed by atoms with Gasteiger partial charge in [0.25, 0.3) is 0 Å². The third-order valence-corrected chi connectivity index (χ3v) is 4.26. The molecule has 0 radical (unpaired) electrons. The molecule has 84 valence electrons. The van der Waals surface area contributed by atoms with E-state index in [1.165, 1.54) is 23.3 Å². The maximum Gasteiger partial charge on any atom is 0.0512 e. The van der Waals surface area contributed by atoms with Crippen LogP contribution >= 0.6 is 11.3 Å². The number of hydrogen-bond donors (Lipinski definition) is 1. The fourth-order valence-corrected chi connectivity index (χ4v) is 3.44. The van der Waals surface area contributed by atoms with Gasteiger partial charge in [-0.05, 0) is 43.8 Å². The number of thiophene rings is 1. The molecule has 2 nitrogen and oxygen atoms in total. The summed E-state index contributed by atoms with van der Waals surface area (Å²) in [4.78, 5) is 1.48. The summed E-state index contributed by atoms with van der Waals surface area (Å²) in [5.74, 6) is 0.640. The molecule has 2 heterocycles. The molecule has 0 aliphatic carbocycles. The summed E-state index contributed by atoms with van der Waals surface area (Å²) in [6, 6.07) is 2.68. The number of rotatable bonds is 3. The Kier molecular flexibility index (Phi) is 3.78. The van der Waals surface area contributed by atoms with Crippen molar-refractivity contribution in [1.82, 2.24) is 5.32 Å². The summed E-state index contributed by atoms with van der Waals surface area (Å²) in [6.45, 7) is 4.04. The lowest BCUT2D eigenvalue weighted by molar-refractivity contribution is 0.0406. The third kappa shape index (κ3) is 2.41. The van der Waals surface area contributed by atoms with Crippen LogP contribution in [0.15, 0.2) is 11.4 Å². The van der Waals surface area contributed by atoms with E-state index in [2.05, 4.69) is 30.7 Å². The molecule has 0 amide bonds. The highest BCUT2D eigenvalue weighted by Gasteiger charge is 2.26. The van der Waals surface area contributed by atoms with Crippen molar-refractivity contribution in [1.29, 1.82) is 0 Å². The van der Waals surface area contributed by atoms with Gasteiger partial charge in [0.1, 0.15) is 0 Å². The Bertz CT molecular complexity index is 304. The molecule has 0 aromatic carbocycles. The predicted molar refractivity (Wildman–Crippen MR) is 64.4 cm³/mol.